The minimum atomic E-state index is -3.51. The topological polar surface area (TPSA) is 54.5 Å². The average Bonchev–Trinajstić information content (AvgIpc) is 2.44. The zero-order valence-electron chi connectivity index (χ0n) is 12.3. The monoisotopic (exact) mass is 321 g/mol. The molecule has 0 atom stereocenters. The van der Waals surface area contributed by atoms with Crippen molar-refractivity contribution in [3.63, 3.8) is 0 Å². The summed E-state index contributed by atoms with van der Waals surface area (Å²) in [4.78, 5) is 11.2. The highest BCUT2D eigenvalue weighted by molar-refractivity contribution is 7.92. The van der Waals surface area contributed by atoms with Crippen LogP contribution in [0.1, 0.15) is 22.8 Å². The molecule has 0 N–H and O–H groups in total. The molecule has 0 saturated heterocycles. The molecule has 22 heavy (non-hydrogen) atoms. The van der Waals surface area contributed by atoms with Crippen LogP contribution in [0, 0.1) is 5.82 Å². The Morgan fingerprint density at radius 2 is 1.77 bits per heavy atom. The van der Waals surface area contributed by atoms with Gasteiger partial charge in [0, 0.05) is 0 Å². The fourth-order valence-corrected chi connectivity index (χ4v) is 2.99. The molecule has 0 heterocycles. The third-order valence-corrected chi connectivity index (χ3v) is 4.32. The van der Waals surface area contributed by atoms with E-state index in [0.717, 1.165) is 6.26 Å². The first kappa shape index (κ1) is 16.2. The van der Waals surface area contributed by atoms with Gasteiger partial charge in [-0.25, -0.2) is 12.8 Å². The van der Waals surface area contributed by atoms with Crippen molar-refractivity contribution in [2.75, 3.05) is 10.6 Å². The SMILES string of the molecule is CC(=O)c1ccc(CN(c2ccccc2)S(C)(=O)=O)cc1F. The van der Waals surface area contributed by atoms with E-state index in [1.807, 2.05) is 0 Å². The lowest BCUT2D eigenvalue weighted by Gasteiger charge is -2.22. The Morgan fingerprint density at radius 3 is 2.27 bits per heavy atom. The Hall–Kier alpha value is -2.21. The first-order chi connectivity index (χ1) is 10.3. The maximum Gasteiger partial charge on any atom is 0.232 e. The van der Waals surface area contributed by atoms with E-state index in [9.17, 15) is 17.6 Å². The second kappa shape index (κ2) is 6.27. The van der Waals surface area contributed by atoms with Crippen molar-refractivity contribution >= 4 is 21.5 Å². The minimum absolute atomic E-state index is 0.00203. The van der Waals surface area contributed by atoms with Crippen LogP contribution < -0.4 is 4.31 Å². The number of sulfonamides is 1. The number of Topliss-reactive ketones (excluding diaryl/α,β-unsaturated/α-hetero) is 1. The van der Waals surface area contributed by atoms with E-state index >= 15 is 0 Å². The standard InChI is InChI=1S/C16H16FNO3S/c1-12(19)15-9-8-13(10-16(15)17)11-18(22(2,20)21)14-6-4-3-5-7-14/h3-10H,11H2,1-2H3. The molecule has 6 heteroatoms. The van der Waals surface area contributed by atoms with Crippen LogP contribution in [0.15, 0.2) is 48.5 Å². The second-order valence-corrected chi connectivity index (χ2v) is 6.88. The molecule has 0 aliphatic carbocycles. The van der Waals surface area contributed by atoms with Crippen molar-refractivity contribution in [2.24, 2.45) is 0 Å². The van der Waals surface area contributed by atoms with Gasteiger partial charge < -0.3 is 0 Å². The number of carbonyl (C=O) groups is 1. The molecular weight excluding hydrogens is 305 g/mol. The van der Waals surface area contributed by atoms with Gasteiger partial charge in [-0.05, 0) is 36.8 Å². The maximum absolute atomic E-state index is 13.9. The fraction of sp³-hybridized carbons (Fsp3) is 0.188. The van der Waals surface area contributed by atoms with E-state index in [0.29, 0.717) is 11.3 Å². The molecule has 0 aliphatic heterocycles. The Kier molecular flexibility index (Phi) is 4.61. The van der Waals surface area contributed by atoms with E-state index in [-0.39, 0.29) is 17.9 Å². The molecule has 4 nitrogen and oxygen atoms in total. The van der Waals surface area contributed by atoms with E-state index in [1.54, 1.807) is 36.4 Å². The van der Waals surface area contributed by atoms with E-state index in [2.05, 4.69) is 0 Å². The van der Waals surface area contributed by atoms with E-state index < -0.39 is 15.8 Å². The molecule has 116 valence electrons. The molecule has 0 fully saturated rings. The number of hydrogen-bond donors (Lipinski definition) is 0. The first-order valence-corrected chi connectivity index (χ1v) is 8.46. The Balaban J connectivity index is 2.37. The zero-order valence-corrected chi connectivity index (χ0v) is 13.1. The van der Waals surface area contributed by atoms with Crippen molar-refractivity contribution in [2.45, 2.75) is 13.5 Å². The number of anilines is 1. The molecule has 2 aromatic carbocycles. The zero-order chi connectivity index (χ0) is 16.3. The summed E-state index contributed by atoms with van der Waals surface area (Å²) >= 11 is 0. The van der Waals surface area contributed by atoms with Crippen LogP contribution in [0.5, 0.6) is 0 Å². The summed E-state index contributed by atoms with van der Waals surface area (Å²) in [6, 6.07) is 12.7. The van der Waals surface area contributed by atoms with Gasteiger partial charge in [-0.2, -0.15) is 0 Å². The van der Waals surface area contributed by atoms with Crippen LogP contribution in [0.25, 0.3) is 0 Å². The number of para-hydroxylation sites is 1. The molecule has 2 aromatic rings. The predicted octanol–water partition coefficient (Wildman–Crippen LogP) is 2.99. The smallest absolute Gasteiger partial charge is 0.232 e. The predicted molar refractivity (Wildman–Crippen MR) is 83.9 cm³/mol. The lowest BCUT2D eigenvalue weighted by Crippen LogP contribution is -2.29. The van der Waals surface area contributed by atoms with Crippen LogP contribution in [0.4, 0.5) is 10.1 Å². The Morgan fingerprint density at radius 1 is 1.14 bits per heavy atom. The summed E-state index contributed by atoms with van der Waals surface area (Å²) < 4.78 is 39.0. The summed E-state index contributed by atoms with van der Waals surface area (Å²) in [6.07, 6.45) is 1.10. The summed E-state index contributed by atoms with van der Waals surface area (Å²) in [6.45, 7) is 1.28. The van der Waals surface area contributed by atoms with Gasteiger partial charge in [0.05, 0.1) is 24.1 Å². The van der Waals surface area contributed by atoms with Crippen molar-refractivity contribution in [3.8, 4) is 0 Å². The quantitative estimate of drug-likeness (QED) is 0.796. The van der Waals surface area contributed by atoms with E-state index in [1.165, 1.54) is 23.4 Å². The molecule has 0 amide bonds. The molecule has 0 unspecified atom stereocenters. The third-order valence-electron chi connectivity index (χ3n) is 3.18. The summed E-state index contributed by atoms with van der Waals surface area (Å²) in [7, 11) is -3.51. The van der Waals surface area contributed by atoms with Crippen LogP contribution in [0.3, 0.4) is 0 Å². The molecular formula is C16H16FNO3S. The van der Waals surface area contributed by atoms with Gasteiger partial charge in [-0.1, -0.05) is 24.3 Å². The van der Waals surface area contributed by atoms with Gasteiger partial charge >= 0.3 is 0 Å². The van der Waals surface area contributed by atoms with Crippen LogP contribution >= 0.6 is 0 Å². The number of halogens is 1. The van der Waals surface area contributed by atoms with Crippen LogP contribution in [-0.4, -0.2) is 20.5 Å². The summed E-state index contributed by atoms with van der Waals surface area (Å²) in [5.74, 6) is -1.02. The molecule has 0 aliphatic rings. The van der Waals surface area contributed by atoms with E-state index in [4.69, 9.17) is 0 Å². The van der Waals surface area contributed by atoms with Gasteiger partial charge in [-0.15, -0.1) is 0 Å². The molecule has 0 saturated carbocycles. The second-order valence-electron chi connectivity index (χ2n) is 4.98. The van der Waals surface area contributed by atoms with Gasteiger partial charge in [0.15, 0.2) is 5.78 Å². The Labute approximate surface area is 129 Å². The van der Waals surface area contributed by atoms with Crippen LogP contribution in [0.2, 0.25) is 0 Å². The molecule has 0 spiro atoms. The number of rotatable bonds is 5. The molecule has 0 radical (unpaired) electrons. The summed E-state index contributed by atoms with van der Waals surface area (Å²) in [5, 5.41) is 0. The highest BCUT2D eigenvalue weighted by Crippen LogP contribution is 2.21. The third kappa shape index (κ3) is 3.71. The van der Waals surface area contributed by atoms with Gasteiger partial charge in [0.1, 0.15) is 5.82 Å². The van der Waals surface area contributed by atoms with Gasteiger partial charge in [-0.3, -0.25) is 9.10 Å². The minimum Gasteiger partial charge on any atom is -0.294 e. The number of ketones is 1. The average molecular weight is 321 g/mol. The van der Waals surface area contributed by atoms with Crippen molar-refractivity contribution in [1.82, 2.24) is 0 Å². The summed E-state index contributed by atoms with van der Waals surface area (Å²) in [5.41, 5.74) is 0.965. The van der Waals surface area contributed by atoms with Crippen molar-refractivity contribution < 1.29 is 17.6 Å². The highest BCUT2D eigenvalue weighted by Gasteiger charge is 2.18. The first-order valence-electron chi connectivity index (χ1n) is 6.61. The van der Waals surface area contributed by atoms with Crippen molar-refractivity contribution in [1.29, 1.82) is 0 Å². The maximum atomic E-state index is 13.9. The molecule has 0 aromatic heterocycles. The number of nitrogens with zero attached hydrogens (tertiary/aromatic N) is 1. The number of benzene rings is 2. The van der Waals surface area contributed by atoms with Gasteiger partial charge in [0.2, 0.25) is 10.0 Å². The highest BCUT2D eigenvalue weighted by atomic mass is 32.2. The number of carbonyl (C=O) groups excluding carboxylic acids is 1. The van der Waals surface area contributed by atoms with Crippen molar-refractivity contribution in [3.05, 3.63) is 65.5 Å². The normalized spacial score (nSPS) is 11.2. The fourth-order valence-electron chi connectivity index (χ4n) is 2.10. The molecule has 2 rings (SSSR count). The lowest BCUT2D eigenvalue weighted by atomic mass is 10.1. The largest absolute Gasteiger partial charge is 0.294 e. The molecule has 0 bridgehead atoms. The lowest BCUT2D eigenvalue weighted by molar-refractivity contribution is 0.101. The Bertz CT molecular complexity index is 788. The van der Waals surface area contributed by atoms with Crippen LogP contribution in [-0.2, 0) is 16.6 Å². The van der Waals surface area contributed by atoms with Gasteiger partial charge in [0.25, 0.3) is 0 Å². The number of hydrogen-bond acceptors (Lipinski definition) is 3.